The van der Waals surface area contributed by atoms with Gasteiger partial charge in [0.2, 0.25) is 0 Å². The molecule has 0 saturated carbocycles. The van der Waals surface area contributed by atoms with E-state index >= 15 is 0 Å². The Labute approximate surface area is 213 Å². The third-order valence-electron chi connectivity index (χ3n) is 5.35. The molecular weight excluding hydrogens is 476 g/mol. The van der Waals surface area contributed by atoms with Gasteiger partial charge in [-0.1, -0.05) is 20.1 Å². The fourth-order valence-electron chi connectivity index (χ4n) is 3.42. The molecule has 0 bridgehead atoms. The summed E-state index contributed by atoms with van der Waals surface area (Å²) < 4.78 is 30.7. The molecule has 12 heteroatoms. The van der Waals surface area contributed by atoms with Gasteiger partial charge in [0.05, 0.1) is 0 Å². The minimum absolute atomic E-state index is 0.0743. The van der Waals surface area contributed by atoms with E-state index in [2.05, 4.69) is 13.2 Å². The predicted molar refractivity (Wildman–Crippen MR) is 130 cm³/mol. The van der Waals surface area contributed by atoms with Crippen LogP contribution in [-0.2, 0) is 38.0 Å². The molecule has 36 heavy (non-hydrogen) atoms. The molecule has 0 aliphatic carbocycles. The van der Waals surface area contributed by atoms with Gasteiger partial charge in [0.25, 0.3) is 0 Å². The lowest BCUT2D eigenvalue weighted by Gasteiger charge is -2.47. The van der Waals surface area contributed by atoms with Crippen molar-refractivity contribution in [3.05, 3.63) is 25.3 Å². The van der Waals surface area contributed by atoms with Crippen molar-refractivity contribution in [3.8, 4) is 0 Å². The van der Waals surface area contributed by atoms with E-state index in [0.717, 1.165) is 12.2 Å². The van der Waals surface area contributed by atoms with Crippen LogP contribution >= 0.6 is 0 Å². The van der Waals surface area contributed by atoms with Crippen LogP contribution in [0.5, 0.6) is 0 Å². The number of esters is 2. The molecule has 1 unspecified atom stereocenters. The third kappa shape index (κ3) is 11.1. The molecule has 0 aromatic heterocycles. The molecule has 0 saturated heterocycles. The van der Waals surface area contributed by atoms with Gasteiger partial charge in [0, 0.05) is 37.4 Å². The van der Waals surface area contributed by atoms with Crippen LogP contribution in [0.15, 0.2) is 25.3 Å². The Balaban J connectivity index is 5.48. The molecule has 0 aliphatic rings. The van der Waals surface area contributed by atoms with Crippen molar-refractivity contribution in [2.24, 2.45) is 0 Å². The van der Waals surface area contributed by atoms with E-state index in [4.69, 9.17) is 28.4 Å². The van der Waals surface area contributed by atoms with Crippen LogP contribution < -0.4 is 0 Å². The van der Waals surface area contributed by atoms with Gasteiger partial charge in [-0.3, -0.25) is 9.80 Å². The van der Waals surface area contributed by atoms with E-state index in [9.17, 15) is 19.2 Å². The SMILES string of the molecule is C=CC(=O)OCCOC(=O)N(COC)C(C)(C)CC(C)(CC)N(COC)C(=O)OCCOC(=O)C=C. The standard InChI is InChI=1S/C24H40N2O10/c1-9-19(27)33-12-14-35-21(29)25(17-31-7)23(4,5)16-24(6,11-3)26(18-32-8)22(30)36-15-13-34-20(28)10-2/h9-10H,1-2,11-18H2,3-8H3. The summed E-state index contributed by atoms with van der Waals surface area (Å²) in [6.07, 6.45) is 1.47. The Hall–Kier alpha value is -3.12. The van der Waals surface area contributed by atoms with Gasteiger partial charge >= 0.3 is 24.1 Å². The van der Waals surface area contributed by atoms with Crippen LogP contribution in [-0.4, -0.2) is 99.1 Å². The molecular formula is C24H40N2O10. The second-order valence-electron chi connectivity index (χ2n) is 8.50. The maximum atomic E-state index is 12.9. The van der Waals surface area contributed by atoms with E-state index in [1.807, 2.05) is 27.7 Å². The smallest absolute Gasteiger partial charge is 0.412 e. The zero-order chi connectivity index (χ0) is 27.8. The maximum Gasteiger partial charge on any atom is 0.412 e. The monoisotopic (exact) mass is 516 g/mol. The van der Waals surface area contributed by atoms with Crippen molar-refractivity contribution in [2.45, 2.75) is 51.6 Å². The number of carbonyl (C=O) groups is 4. The van der Waals surface area contributed by atoms with Gasteiger partial charge in [0.15, 0.2) is 0 Å². The highest BCUT2D eigenvalue weighted by Crippen LogP contribution is 2.34. The average Bonchev–Trinajstić information content (AvgIpc) is 2.84. The Kier molecular flexibility index (Phi) is 15.1. The normalized spacial score (nSPS) is 12.5. The summed E-state index contributed by atoms with van der Waals surface area (Å²) in [5, 5.41) is 0. The van der Waals surface area contributed by atoms with Crippen LogP contribution in [0, 0.1) is 0 Å². The molecule has 0 spiro atoms. The number of hydrogen-bond donors (Lipinski definition) is 0. The molecule has 0 aliphatic heterocycles. The lowest BCUT2D eigenvalue weighted by Crippen LogP contribution is -2.58. The fraction of sp³-hybridized carbons (Fsp3) is 0.667. The number of hydrogen-bond acceptors (Lipinski definition) is 10. The van der Waals surface area contributed by atoms with Gasteiger partial charge in [-0.15, -0.1) is 0 Å². The number of carbonyl (C=O) groups excluding carboxylic acids is 4. The van der Waals surface area contributed by atoms with E-state index < -0.39 is 35.2 Å². The summed E-state index contributed by atoms with van der Waals surface area (Å²) in [4.78, 5) is 50.8. The summed E-state index contributed by atoms with van der Waals surface area (Å²) in [7, 11) is 2.89. The molecule has 0 aromatic carbocycles. The van der Waals surface area contributed by atoms with E-state index in [-0.39, 0.29) is 39.9 Å². The molecule has 206 valence electrons. The predicted octanol–water partition coefficient (Wildman–Crippen LogP) is 2.87. The quantitative estimate of drug-likeness (QED) is 0.0935. The zero-order valence-electron chi connectivity index (χ0n) is 22.2. The highest BCUT2D eigenvalue weighted by atomic mass is 16.6. The van der Waals surface area contributed by atoms with E-state index in [1.54, 1.807) is 0 Å². The van der Waals surface area contributed by atoms with Crippen LogP contribution in [0.1, 0.15) is 40.5 Å². The van der Waals surface area contributed by atoms with Crippen molar-refractivity contribution in [1.29, 1.82) is 0 Å². The van der Waals surface area contributed by atoms with Gasteiger partial charge in [0.1, 0.15) is 39.9 Å². The summed E-state index contributed by atoms with van der Waals surface area (Å²) in [5.41, 5.74) is -1.68. The summed E-state index contributed by atoms with van der Waals surface area (Å²) in [6, 6.07) is 0. The molecule has 0 aromatic rings. The van der Waals surface area contributed by atoms with Crippen molar-refractivity contribution in [1.82, 2.24) is 9.80 Å². The molecule has 0 heterocycles. The van der Waals surface area contributed by atoms with Gasteiger partial charge in [-0.2, -0.15) is 0 Å². The fourth-order valence-corrected chi connectivity index (χ4v) is 3.42. The van der Waals surface area contributed by atoms with Crippen LogP contribution in [0.25, 0.3) is 0 Å². The first kappa shape index (κ1) is 32.9. The highest BCUT2D eigenvalue weighted by molar-refractivity contribution is 5.81. The number of methoxy groups -OCH3 is 2. The molecule has 1 atom stereocenters. The molecule has 2 amide bonds. The second-order valence-corrected chi connectivity index (χ2v) is 8.50. The Bertz CT molecular complexity index is 755. The van der Waals surface area contributed by atoms with Crippen molar-refractivity contribution >= 4 is 24.1 Å². The Morgan fingerprint density at radius 3 is 1.50 bits per heavy atom. The lowest BCUT2D eigenvalue weighted by atomic mass is 9.81. The number of ether oxygens (including phenoxy) is 6. The number of amides is 2. The number of nitrogens with zero attached hydrogens (tertiary/aromatic N) is 2. The van der Waals surface area contributed by atoms with Crippen molar-refractivity contribution in [2.75, 3.05) is 54.1 Å². The molecule has 12 nitrogen and oxygen atoms in total. The van der Waals surface area contributed by atoms with Crippen molar-refractivity contribution in [3.63, 3.8) is 0 Å². The lowest BCUT2D eigenvalue weighted by molar-refractivity contribution is -0.139. The summed E-state index contributed by atoms with van der Waals surface area (Å²) in [5.74, 6) is -1.24. The zero-order valence-corrected chi connectivity index (χ0v) is 22.2. The minimum atomic E-state index is -0.860. The Morgan fingerprint density at radius 2 is 1.11 bits per heavy atom. The van der Waals surface area contributed by atoms with Gasteiger partial charge < -0.3 is 28.4 Å². The first-order valence-corrected chi connectivity index (χ1v) is 11.4. The molecule has 0 N–H and O–H groups in total. The first-order valence-electron chi connectivity index (χ1n) is 11.4. The molecule has 0 radical (unpaired) electrons. The highest BCUT2D eigenvalue weighted by Gasteiger charge is 2.43. The maximum absolute atomic E-state index is 12.9. The van der Waals surface area contributed by atoms with Gasteiger partial charge in [-0.25, -0.2) is 19.2 Å². The molecule has 0 fully saturated rings. The van der Waals surface area contributed by atoms with Crippen LogP contribution in [0.3, 0.4) is 0 Å². The van der Waals surface area contributed by atoms with Crippen LogP contribution in [0.2, 0.25) is 0 Å². The van der Waals surface area contributed by atoms with E-state index in [1.165, 1.54) is 24.0 Å². The van der Waals surface area contributed by atoms with Gasteiger partial charge in [-0.05, 0) is 33.6 Å². The second kappa shape index (κ2) is 16.5. The average molecular weight is 517 g/mol. The number of rotatable bonds is 17. The first-order chi connectivity index (χ1) is 16.9. The molecule has 0 rings (SSSR count). The topological polar surface area (TPSA) is 130 Å². The van der Waals surface area contributed by atoms with E-state index in [0.29, 0.717) is 12.8 Å². The third-order valence-corrected chi connectivity index (χ3v) is 5.35. The van der Waals surface area contributed by atoms with Crippen molar-refractivity contribution < 1.29 is 47.6 Å². The Morgan fingerprint density at radius 1 is 0.722 bits per heavy atom. The summed E-state index contributed by atoms with van der Waals surface area (Å²) in [6.45, 7) is 13.2. The van der Waals surface area contributed by atoms with Crippen LogP contribution in [0.4, 0.5) is 9.59 Å². The largest absolute Gasteiger partial charge is 0.459 e. The minimum Gasteiger partial charge on any atom is -0.459 e. The summed E-state index contributed by atoms with van der Waals surface area (Å²) >= 11 is 0.